The van der Waals surface area contributed by atoms with Gasteiger partial charge in [0.25, 0.3) is 0 Å². The van der Waals surface area contributed by atoms with Crippen molar-refractivity contribution in [1.29, 1.82) is 0 Å². The Morgan fingerprint density at radius 3 is 2.53 bits per heavy atom. The molecule has 0 spiro atoms. The Bertz CT molecular complexity index is 290. The highest BCUT2D eigenvalue weighted by Gasteiger charge is 2.03. The topological polar surface area (TPSA) is 37.3 Å². The third kappa shape index (κ3) is 3.84. The van der Waals surface area contributed by atoms with Gasteiger partial charge in [0, 0.05) is 13.0 Å². The Labute approximate surface area is 90.9 Å². The summed E-state index contributed by atoms with van der Waals surface area (Å²) in [7, 11) is 0. The number of aldehydes is 1. The van der Waals surface area contributed by atoms with E-state index >= 15 is 0 Å². The van der Waals surface area contributed by atoms with Crippen LogP contribution in [0.2, 0.25) is 0 Å². The van der Waals surface area contributed by atoms with E-state index in [2.05, 4.69) is 31.2 Å². The van der Waals surface area contributed by atoms with Crippen LogP contribution in [0.25, 0.3) is 0 Å². The Morgan fingerprint density at radius 1 is 1.33 bits per heavy atom. The zero-order valence-electron chi connectivity index (χ0n) is 9.15. The maximum atomic E-state index is 10.4. The molecular weight excluding hydrogens is 188 g/mol. The van der Waals surface area contributed by atoms with Gasteiger partial charge < -0.3 is 9.90 Å². The Hall–Kier alpha value is -1.15. The van der Waals surface area contributed by atoms with Gasteiger partial charge in [-0.15, -0.1) is 0 Å². The van der Waals surface area contributed by atoms with Crippen molar-refractivity contribution in [3.05, 3.63) is 35.4 Å². The Balaban J connectivity index is 2.59. The summed E-state index contributed by atoms with van der Waals surface area (Å²) in [6, 6.07) is 8.29. The van der Waals surface area contributed by atoms with E-state index in [0.717, 1.165) is 19.1 Å². The van der Waals surface area contributed by atoms with Gasteiger partial charge in [0.15, 0.2) is 0 Å². The monoisotopic (exact) mass is 206 g/mol. The van der Waals surface area contributed by atoms with Gasteiger partial charge in [0.2, 0.25) is 0 Å². The van der Waals surface area contributed by atoms with Crippen molar-refractivity contribution in [3.63, 3.8) is 0 Å². The summed E-state index contributed by atoms with van der Waals surface area (Å²) < 4.78 is 0. The van der Waals surface area contributed by atoms with Crippen molar-refractivity contribution in [2.75, 3.05) is 6.61 Å². The van der Waals surface area contributed by atoms with Crippen LogP contribution in [0.15, 0.2) is 24.3 Å². The molecule has 1 unspecified atom stereocenters. The lowest BCUT2D eigenvalue weighted by molar-refractivity contribution is -0.108. The van der Waals surface area contributed by atoms with Gasteiger partial charge in [-0.25, -0.2) is 0 Å². The van der Waals surface area contributed by atoms with Crippen molar-refractivity contribution >= 4 is 6.29 Å². The number of aryl methyl sites for hydroxylation is 1. The smallest absolute Gasteiger partial charge is 0.120 e. The fraction of sp³-hybridized carbons (Fsp3) is 0.462. The molecule has 2 nitrogen and oxygen atoms in total. The van der Waals surface area contributed by atoms with Crippen LogP contribution in [0.4, 0.5) is 0 Å². The van der Waals surface area contributed by atoms with Gasteiger partial charge in [-0.05, 0) is 29.9 Å². The molecule has 0 aliphatic heterocycles. The van der Waals surface area contributed by atoms with Crippen LogP contribution in [0.5, 0.6) is 0 Å². The number of hydrogen-bond donors (Lipinski definition) is 1. The minimum Gasteiger partial charge on any atom is -0.396 e. The minimum atomic E-state index is 0.239. The first-order valence-electron chi connectivity index (χ1n) is 5.41. The fourth-order valence-corrected chi connectivity index (χ4v) is 1.58. The molecule has 1 rings (SSSR count). The van der Waals surface area contributed by atoms with Crippen LogP contribution in [0.1, 0.15) is 36.8 Å². The van der Waals surface area contributed by atoms with E-state index in [-0.39, 0.29) is 6.61 Å². The number of aliphatic hydroxyl groups excluding tert-OH is 1. The average molecular weight is 206 g/mol. The lowest BCUT2D eigenvalue weighted by Gasteiger charge is -2.08. The molecule has 82 valence electrons. The van der Waals surface area contributed by atoms with Gasteiger partial charge in [0.05, 0.1) is 0 Å². The molecule has 15 heavy (non-hydrogen) atoms. The largest absolute Gasteiger partial charge is 0.396 e. The molecule has 0 saturated carbocycles. The highest BCUT2D eigenvalue weighted by atomic mass is 16.2. The van der Waals surface area contributed by atoms with Crippen molar-refractivity contribution in [2.24, 2.45) is 0 Å². The average Bonchev–Trinajstić information content (AvgIpc) is 2.27. The summed E-state index contributed by atoms with van der Waals surface area (Å²) in [6.45, 7) is 2.29. The molecule has 2 heteroatoms. The van der Waals surface area contributed by atoms with E-state index in [1.165, 1.54) is 11.1 Å². The van der Waals surface area contributed by atoms with Crippen molar-refractivity contribution < 1.29 is 9.90 Å². The molecule has 0 saturated heterocycles. The first-order valence-corrected chi connectivity index (χ1v) is 5.41. The van der Waals surface area contributed by atoms with Crippen LogP contribution in [-0.4, -0.2) is 18.0 Å². The predicted octanol–water partition coefficient (Wildman–Crippen LogP) is 2.30. The summed E-state index contributed by atoms with van der Waals surface area (Å²) in [5.41, 5.74) is 2.45. The second kappa shape index (κ2) is 6.36. The molecule has 0 bridgehead atoms. The highest BCUT2D eigenvalue weighted by molar-refractivity contribution is 5.51. The minimum absolute atomic E-state index is 0.239. The Kier molecular flexibility index (Phi) is 5.05. The Morgan fingerprint density at radius 2 is 2.00 bits per heavy atom. The standard InChI is InChI=1S/C13H18O2/c1-11(8-10-15)13-6-4-12(5-7-13)3-2-9-14/h4-7,10-11,14H,2-3,8-9H2,1H3. The summed E-state index contributed by atoms with van der Waals surface area (Å²) in [4.78, 5) is 10.4. The summed E-state index contributed by atoms with van der Waals surface area (Å²) in [6.07, 6.45) is 3.27. The lowest BCUT2D eigenvalue weighted by Crippen LogP contribution is -1.95. The van der Waals surface area contributed by atoms with E-state index < -0.39 is 0 Å². The molecule has 0 radical (unpaired) electrons. The van der Waals surface area contributed by atoms with E-state index in [1.54, 1.807) is 0 Å². The quantitative estimate of drug-likeness (QED) is 0.725. The van der Waals surface area contributed by atoms with Crippen LogP contribution in [0.3, 0.4) is 0 Å². The number of aliphatic hydroxyl groups is 1. The van der Waals surface area contributed by atoms with Gasteiger partial charge >= 0.3 is 0 Å². The normalized spacial score (nSPS) is 12.4. The molecule has 1 aromatic rings. The molecule has 0 aliphatic rings. The van der Waals surface area contributed by atoms with Crippen LogP contribution < -0.4 is 0 Å². The van der Waals surface area contributed by atoms with Crippen molar-refractivity contribution in [3.8, 4) is 0 Å². The SMILES string of the molecule is CC(CC=O)c1ccc(CCCO)cc1. The lowest BCUT2D eigenvalue weighted by atomic mass is 9.96. The summed E-state index contributed by atoms with van der Waals surface area (Å²) in [5, 5.41) is 8.70. The highest BCUT2D eigenvalue weighted by Crippen LogP contribution is 2.18. The molecular formula is C13H18O2. The molecule has 0 aliphatic carbocycles. The molecule has 0 fully saturated rings. The van der Waals surface area contributed by atoms with E-state index in [9.17, 15) is 4.79 Å². The maximum Gasteiger partial charge on any atom is 0.120 e. The number of benzene rings is 1. The van der Waals surface area contributed by atoms with Crippen molar-refractivity contribution in [2.45, 2.75) is 32.1 Å². The fourth-order valence-electron chi connectivity index (χ4n) is 1.58. The zero-order chi connectivity index (χ0) is 11.1. The van der Waals surface area contributed by atoms with E-state index in [4.69, 9.17) is 5.11 Å². The first-order chi connectivity index (χ1) is 7.27. The number of carbonyl (C=O) groups is 1. The molecule has 0 heterocycles. The van der Waals surface area contributed by atoms with E-state index in [1.807, 2.05) is 0 Å². The van der Waals surface area contributed by atoms with Gasteiger partial charge in [-0.3, -0.25) is 0 Å². The van der Waals surface area contributed by atoms with Gasteiger partial charge in [0.1, 0.15) is 6.29 Å². The van der Waals surface area contributed by atoms with Crippen LogP contribution >= 0.6 is 0 Å². The third-order valence-electron chi connectivity index (χ3n) is 2.62. The van der Waals surface area contributed by atoms with Gasteiger partial charge in [-0.2, -0.15) is 0 Å². The molecule has 1 atom stereocenters. The number of hydrogen-bond acceptors (Lipinski definition) is 2. The third-order valence-corrected chi connectivity index (χ3v) is 2.62. The molecule has 1 N–H and O–H groups in total. The summed E-state index contributed by atoms with van der Waals surface area (Å²) in [5.74, 6) is 0.300. The zero-order valence-corrected chi connectivity index (χ0v) is 9.15. The second-order valence-electron chi connectivity index (χ2n) is 3.87. The predicted molar refractivity (Wildman–Crippen MR) is 60.9 cm³/mol. The molecule has 0 aromatic heterocycles. The second-order valence-corrected chi connectivity index (χ2v) is 3.87. The maximum absolute atomic E-state index is 10.4. The number of carbonyl (C=O) groups excluding carboxylic acids is 1. The molecule has 0 amide bonds. The van der Waals surface area contributed by atoms with Crippen LogP contribution in [0, 0.1) is 0 Å². The van der Waals surface area contributed by atoms with Crippen LogP contribution in [-0.2, 0) is 11.2 Å². The number of rotatable bonds is 6. The van der Waals surface area contributed by atoms with E-state index in [0.29, 0.717) is 12.3 Å². The van der Waals surface area contributed by atoms with Gasteiger partial charge in [-0.1, -0.05) is 31.2 Å². The first kappa shape index (κ1) is 11.9. The van der Waals surface area contributed by atoms with Crippen molar-refractivity contribution in [1.82, 2.24) is 0 Å². The summed E-state index contributed by atoms with van der Waals surface area (Å²) >= 11 is 0. The molecule has 1 aromatic carbocycles.